The fourth-order valence-corrected chi connectivity index (χ4v) is 1.49. The minimum atomic E-state index is -0.166. The van der Waals surface area contributed by atoms with E-state index in [1.54, 1.807) is 20.2 Å². The number of amides is 3. The van der Waals surface area contributed by atoms with E-state index in [1.807, 2.05) is 26.0 Å². The third kappa shape index (κ3) is 4.62. The number of carbonyl (C=O) groups is 2. The Labute approximate surface area is 114 Å². The second-order valence-corrected chi connectivity index (χ2v) is 4.68. The van der Waals surface area contributed by atoms with Crippen LogP contribution in [0.5, 0.6) is 0 Å². The molecule has 0 aliphatic heterocycles. The maximum atomic E-state index is 11.9. The van der Waals surface area contributed by atoms with E-state index in [2.05, 4.69) is 10.6 Å². The van der Waals surface area contributed by atoms with Gasteiger partial charge in [0.2, 0.25) is 0 Å². The zero-order valence-electron chi connectivity index (χ0n) is 11.9. The molecule has 1 aromatic rings. The monoisotopic (exact) mass is 263 g/mol. The van der Waals surface area contributed by atoms with Crippen LogP contribution in [0.1, 0.15) is 21.5 Å². The van der Waals surface area contributed by atoms with Crippen molar-refractivity contribution in [3.05, 3.63) is 34.9 Å². The molecule has 0 unspecified atom stereocenters. The number of hydrogen-bond acceptors (Lipinski definition) is 2. The Kier molecular flexibility index (Phi) is 5.36. The highest BCUT2D eigenvalue weighted by Gasteiger charge is 2.06. The van der Waals surface area contributed by atoms with Gasteiger partial charge >= 0.3 is 6.03 Å². The highest BCUT2D eigenvalue weighted by molar-refractivity contribution is 5.94. The lowest BCUT2D eigenvalue weighted by molar-refractivity contribution is 0.0953. The summed E-state index contributed by atoms with van der Waals surface area (Å²) >= 11 is 0. The van der Waals surface area contributed by atoms with Gasteiger partial charge in [0.1, 0.15) is 0 Å². The number of nitrogens with one attached hydrogen (secondary N) is 2. The fraction of sp³-hybridized carbons (Fsp3) is 0.429. The lowest BCUT2D eigenvalue weighted by Crippen LogP contribution is -2.39. The van der Waals surface area contributed by atoms with Crippen molar-refractivity contribution in [2.75, 3.05) is 27.2 Å². The number of benzene rings is 1. The molecule has 1 aromatic carbocycles. The zero-order valence-corrected chi connectivity index (χ0v) is 11.9. The second-order valence-electron chi connectivity index (χ2n) is 4.68. The Bertz CT molecular complexity index is 470. The third-order valence-corrected chi connectivity index (χ3v) is 2.86. The Morgan fingerprint density at radius 2 is 1.68 bits per heavy atom. The molecular formula is C14H21N3O2. The first-order valence-corrected chi connectivity index (χ1v) is 6.22. The van der Waals surface area contributed by atoms with Gasteiger partial charge in [0.15, 0.2) is 0 Å². The summed E-state index contributed by atoms with van der Waals surface area (Å²) in [7, 11) is 3.34. The summed E-state index contributed by atoms with van der Waals surface area (Å²) in [6.45, 7) is 4.80. The van der Waals surface area contributed by atoms with Crippen LogP contribution in [0.25, 0.3) is 0 Å². The van der Waals surface area contributed by atoms with E-state index in [9.17, 15) is 9.59 Å². The topological polar surface area (TPSA) is 61.4 Å². The summed E-state index contributed by atoms with van der Waals surface area (Å²) < 4.78 is 0. The standard InChI is InChI=1S/C14H21N3O2/c1-10-5-6-12(9-11(10)2)13(18)15-7-8-16-14(19)17(3)4/h5-6,9H,7-8H2,1-4H3,(H,15,18)(H,16,19). The maximum absolute atomic E-state index is 11.9. The second kappa shape index (κ2) is 6.78. The molecule has 1 rings (SSSR count). The highest BCUT2D eigenvalue weighted by atomic mass is 16.2. The summed E-state index contributed by atoms with van der Waals surface area (Å²) in [6.07, 6.45) is 0. The summed E-state index contributed by atoms with van der Waals surface area (Å²) in [5.41, 5.74) is 2.89. The van der Waals surface area contributed by atoms with Crippen LogP contribution >= 0.6 is 0 Å². The summed E-state index contributed by atoms with van der Waals surface area (Å²) in [5, 5.41) is 5.45. The van der Waals surface area contributed by atoms with Crippen molar-refractivity contribution >= 4 is 11.9 Å². The first kappa shape index (κ1) is 15.0. The van der Waals surface area contributed by atoms with Crippen LogP contribution in [0.3, 0.4) is 0 Å². The molecule has 0 heterocycles. The van der Waals surface area contributed by atoms with Crippen molar-refractivity contribution in [3.63, 3.8) is 0 Å². The molecule has 0 fully saturated rings. The minimum absolute atomic E-state index is 0.123. The van der Waals surface area contributed by atoms with Crippen molar-refractivity contribution in [3.8, 4) is 0 Å². The van der Waals surface area contributed by atoms with Crippen LogP contribution in [0.2, 0.25) is 0 Å². The van der Waals surface area contributed by atoms with Crippen molar-refractivity contribution in [1.29, 1.82) is 0 Å². The van der Waals surface area contributed by atoms with Crippen molar-refractivity contribution < 1.29 is 9.59 Å². The molecule has 0 aromatic heterocycles. The molecule has 0 bridgehead atoms. The van der Waals surface area contributed by atoms with Crippen molar-refractivity contribution in [1.82, 2.24) is 15.5 Å². The van der Waals surface area contributed by atoms with Gasteiger partial charge in [0.25, 0.3) is 5.91 Å². The van der Waals surface area contributed by atoms with E-state index >= 15 is 0 Å². The third-order valence-electron chi connectivity index (χ3n) is 2.86. The Morgan fingerprint density at radius 3 is 2.26 bits per heavy atom. The maximum Gasteiger partial charge on any atom is 0.316 e. The molecule has 0 atom stereocenters. The molecule has 0 aliphatic rings. The SMILES string of the molecule is Cc1ccc(C(=O)NCCNC(=O)N(C)C)cc1C. The first-order chi connectivity index (χ1) is 8.91. The van der Waals surface area contributed by atoms with Gasteiger partial charge in [-0.3, -0.25) is 4.79 Å². The van der Waals surface area contributed by atoms with E-state index in [1.165, 1.54) is 4.90 Å². The molecule has 0 aliphatic carbocycles. The molecule has 104 valence electrons. The molecule has 2 N–H and O–H groups in total. The first-order valence-electron chi connectivity index (χ1n) is 6.22. The van der Waals surface area contributed by atoms with Crippen LogP contribution < -0.4 is 10.6 Å². The van der Waals surface area contributed by atoms with Gasteiger partial charge in [-0.1, -0.05) is 6.07 Å². The van der Waals surface area contributed by atoms with E-state index < -0.39 is 0 Å². The number of rotatable bonds is 4. The minimum Gasteiger partial charge on any atom is -0.350 e. The quantitative estimate of drug-likeness (QED) is 0.804. The smallest absolute Gasteiger partial charge is 0.316 e. The molecule has 0 saturated heterocycles. The Balaban J connectivity index is 2.39. The number of hydrogen-bond donors (Lipinski definition) is 2. The van der Waals surface area contributed by atoms with Gasteiger partial charge in [-0.2, -0.15) is 0 Å². The molecule has 3 amide bonds. The van der Waals surface area contributed by atoms with Gasteiger partial charge < -0.3 is 15.5 Å². The summed E-state index contributed by atoms with van der Waals surface area (Å²) in [5.74, 6) is -0.123. The van der Waals surface area contributed by atoms with E-state index in [0.29, 0.717) is 18.7 Å². The number of carbonyl (C=O) groups excluding carboxylic acids is 2. The summed E-state index contributed by atoms with van der Waals surface area (Å²) in [6, 6.07) is 5.43. The molecule has 0 spiro atoms. The fourth-order valence-electron chi connectivity index (χ4n) is 1.49. The lowest BCUT2D eigenvalue weighted by Gasteiger charge is -2.12. The van der Waals surface area contributed by atoms with Crippen LogP contribution in [-0.2, 0) is 0 Å². The highest BCUT2D eigenvalue weighted by Crippen LogP contribution is 2.09. The average molecular weight is 263 g/mol. The predicted molar refractivity (Wildman–Crippen MR) is 75.3 cm³/mol. The van der Waals surface area contributed by atoms with Gasteiger partial charge in [0, 0.05) is 32.7 Å². The molecular weight excluding hydrogens is 242 g/mol. The zero-order chi connectivity index (χ0) is 14.4. The normalized spacial score (nSPS) is 9.89. The predicted octanol–water partition coefficient (Wildman–Crippen LogP) is 1.30. The molecule has 19 heavy (non-hydrogen) atoms. The van der Waals surface area contributed by atoms with Crippen LogP contribution in [0, 0.1) is 13.8 Å². The van der Waals surface area contributed by atoms with Crippen molar-refractivity contribution in [2.45, 2.75) is 13.8 Å². The van der Waals surface area contributed by atoms with Crippen LogP contribution in [0.15, 0.2) is 18.2 Å². The Hall–Kier alpha value is -2.04. The number of urea groups is 1. The van der Waals surface area contributed by atoms with Crippen molar-refractivity contribution in [2.24, 2.45) is 0 Å². The lowest BCUT2D eigenvalue weighted by atomic mass is 10.1. The number of aryl methyl sites for hydroxylation is 2. The van der Waals surface area contributed by atoms with E-state index in [0.717, 1.165) is 11.1 Å². The average Bonchev–Trinajstić information content (AvgIpc) is 2.37. The van der Waals surface area contributed by atoms with Crippen LogP contribution in [0.4, 0.5) is 4.79 Å². The molecule has 0 radical (unpaired) electrons. The van der Waals surface area contributed by atoms with Crippen LogP contribution in [-0.4, -0.2) is 44.0 Å². The number of nitrogens with zero attached hydrogens (tertiary/aromatic N) is 1. The molecule has 5 nitrogen and oxygen atoms in total. The van der Waals surface area contributed by atoms with E-state index in [-0.39, 0.29) is 11.9 Å². The molecule has 5 heteroatoms. The molecule has 0 saturated carbocycles. The van der Waals surface area contributed by atoms with Gasteiger partial charge in [0.05, 0.1) is 0 Å². The van der Waals surface area contributed by atoms with Gasteiger partial charge in [-0.25, -0.2) is 4.79 Å². The Morgan fingerprint density at radius 1 is 1.05 bits per heavy atom. The summed E-state index contributed by atoms with van der Waals surface area (Å²) in [4.78, 5) is 24.5. The van der Waals surface area contributed by atoms with E-state index in [4.69, 9.17) is 0 Å². The largest absolute Gasteiger partial charge is 0.350 e. The van der Waals surface area contributed by atoms with Gasteiger partial charge in [-0.05, 0) is 37.1 Å². The van der Waals surface area contributed by atoms with Gasteiger partial charge in [-0.15, -0.1) is 0 Å².